The minimum Gasteiger partial charge on any atom is -0.326 e. The zero-order valence-electron chi connectivity index (χ0n) is 11.5. The summed E-state index contributed by atoms with van der Waals surface area (Å²) in [4.78, 5) is 22.9. The van der Waals surface area contributed by atoms with Gasteiger partial charge in [0.2, 0.25) is 0 Å². The summed E-state index contributed by atoms with van der Waals surface area (Å²) >= 11 is 0. The fraction of sp³-hybridized carbons (Fsp3) is 0.133. The van der Waals surface area contributed by atoms with Gasteiger partial charge in [-0.15, -0.1) is 0 Å². The number of nitrogens with one attached hydrogen (secondary N) is 1. The second-order valence-corrected chi connectivity index (χ2v) is 4.54. The third kappa shape index (κ3) is 3.06. The van der Waals surface area contributed by atoms with E-state index in [2.05, 4.69) is 5.32 Å². The Balaban J connectivity index is 2.38. The summed E-state index contributed by atoms with van der Waals surface area (Å²) in [7, 11) is 0. The molecule has 0 fully saturated rings. The summed E-state index contributed by atoms with van der Waals surface area (Å²) in [5.41, 5.74) is 7.23. The van der Waals surface area contributed by atoms with Crippen LogP contribution in [0.2, 0.25) is 0 Å². The number of anilines is 1. The van der Waals surface area contributed by atoms with Gasteiger partial charge in [-0.05, 0) is 24.6 Å². The van der Waals surface area contributed by atoms with Crippen LogP contribution in [0.4, 0.5) is 11.4 Å². The molecule has 0 aromatic heterocycles. The molecule has 0 atom stereocenters. The quantitative estimate of drug-likeness (QED) is 0.666. The standard InChI is InChI=1S/C15H15N3O3/c1-10-5-4-7-12(14(10)18(20)21)15(19)17-13-8-3-2-6-11(13)9-16/h2-8H,9,16H2,1H3,(H,17,19). The molecule has 3 N–H and O–H groups in total. The van der Waals surface area contributed by atoms with Gasteiger partial charge in [0.1, 0.15) is 5.56 Å². The molecule has 0 aliphatic carbocycles. The highest BCUT2D eigenvalue weighted by Crippen LogP contribution is 2.24. The molecule has 0 saturated carbocycles. The molecule has 0 saturated heterocycles. The zero-order chi connectivity index (χ0) is 15.4. The van der Waals surface area contributed by atoms with Crippen molar-refractivity contribution in [2.75, 3.05) is 5.32 Å². The summed E-state index contributed by atoms with van der Waals surface area (Å²) in [6.45, 7) is 1.87. The lowest BCUT2D eigenvalue weighted by molar-refractivity contribution is -0.385. The number of benzene rings is 2. The van der Waals surface area contributed by atoms with Crippen LogP contribution in [0.5, 0.6) is 0 Å². The monoisotopic (exact) mass is 285 g/mol. The molecule has 0 heterocycles. The average molecular weight is 285 g/mol. The van der Waals surface area contributed by atoms with E-state index in [1.807, 2.05) is 6.07 Å². The normalized spacial score (nSPS) is 10.2. The predicted octanol–water partition coefficient (Wildman–Crippen LogP) is 2.61. The van der Waals surface area contributed by atoms with Crippen molar-refractivity contribution >= 4 is 17.3 Å². The molecule has 2 rings (SSSR count). The average Bonchev–Trinajstić information content (AvgIpc) is 2.47. The van der Waals surface area contributed by atoms with Crippen LogP contribution >= 0.6 is 0 Å². The van der Waals surface area contributed by atoms with Crippen LogP contribution in [-0.4, -0.2) is 10.8 Å². The van der Waals surface area contributed by atoms with Crippen LogP contribution in [0.3, 0.4) is 0 Å². The molecule has 0 aliphatic heterocycles. The van der Waals surface area contributed by atoms with Crippen LogP contribution in [0.25, 0.3) is 0 Å². The van der Waals surface area contributed by atoms with Crippen molar-refractivity contribution in [3.63, 3.8) is 0 Å². The molecule has 0 unspecified atom stereocenters. The van der Waals surface area contributed by atoms with Crippen LogP contribution < -0.4 is 11.1 Å². The molecule has 2 aromatic rings. The molecule has 6 nitrogen and oxygen atoms in total. The number of hydrogen-bond donors (Lipinski definition) is 2. The van der Waals surface area contributed by atoms with Gasteiger partial charge >= 0.3 is 0 Å². The minimum absolute atomic E-state index is 0.0341. The highest BCUT2D eigenvalue weighted by atomic mass is 16.6. The highest BCUT2D eigenvalue weighted by Gasteiger charge is 2.22. The van der Waals surface area contributed by atoms with Gasteiger partial charge in [-0.3, -0.25) is 14.9 Å². The number of hydrogen-bond acceptors (Lipinski definition) is 4. The fourth-order valence-electron chi connectivity index (χ4n) is 2.09. The number of carbonyl (C=O) groups excluding carboxylic acids is 1. The predicted molar refractivity (Wildman–Crippen MR) is 80.1 cm³/mol. The molecule has 0 radical (unpaired) electrons. The van der Waals surface area contributed by atoms with E-state index < -0.39 is 10.8 Å². The number of nitro benzene ring substituents is 1. The van der Waals surface area contributed by atoms with E-state index in [0.29, 0.717) is 11.3 Å². The number of nitrogens with two attached hydrogens (primary N) is 1. The van der Waals surface area contributed by atoms with E-state index in [-0.39, 0.29) is 17.8 Å². The summed E-state index contributed by atoms with van der Waals surface area (Å²) < 4.78 is 0. The lowest BCUT2D eigenvalue weighted by Gasteiger charge is -2.10. The van der Waals surface area contributed by atoms with E-state index >= 15 is 0 Å². The van der Waals surface area contributed by atoms with Gasteiger partial charge in [0.25, 0.3) is 11.6 Å². The van der Waals surface area contributed by atoms with Gasteiger partial charge in [0, 0.05) is 17.8 Å². The first-order chi connectivity index (χ1) is 10.0. The second-order valence-electron chi connectivity index (χ2n) is 4.54. The maximum absolute atomic E-state index is 12.3. The minimum atomic E-state index is -0.543. The first kappa shape index (κ1) is 14.7. The Morgan fingerprint density at radius 1 is 1.24 bits per heavy atom. The Hall–Kier alpha value is -2.73. The van der Waals surface area contributed by atoms with Crippen molar-refractivity contribution in [1.29, 1.82) is 0 Å². The number of para-hydroxylation sites is 2. The van der Waals surface area contributed by atoms with E-state index in [1.165, 1.54) is 6.07 Å². The number of carbonyl (C=O) groups is 1. The van der Waals surface area contributed by atoms with Crippen molar-refractivity contribution in [2.45, 2.75) is 13.5 Å². The molecule has 2 aromatic carbocycles. The topological polar surface area (TPSA) is 98.3 Å². The van der Waals surface area contributed by atoms with Crippen molar-refractivity contribution < 1.29 is 9.72 Å². The van der Waals surface area contributed by atoms with Crippen molar-refractivity contribution in [3.05, 3.63) is 69.3 Å². The Kier molecular flexibility index (Phi) is 4.30. The molecule has 6 heteroatoms. The Labute approximate surface area is 121 Å². The molecule has 21 heavy (non-hydrogen) atoms. The number of aryl methyl sites for hydroxylation is 1. The smallest absolute Gasteiger partial charge is 0.285 e. The SMILES string of the molecule is Cc1cccc(C(=O)Nc2ccccc2CN)c1[N+](=O)[O-]. The third-order valence-electron chi connectivity index (χ3n) is 3.15. The van der Waals surface area contributed by atoms with Crippen LogP contribution in [0.15, 0.2) is 42.5 Å². The van der Waals surface area contributed by atoms with Gasteiger partial charge in [-0.1, -0.05) is 30.3 Å². The Morgan fingerprint density at radius 2 is 1.95 bits per heavy atom. The third-order valence-corrected chi connectivity index (χ3v) is 3.15. The van der Waals surface area contributed by atoms with E-state index in [0.717, 1.165) is 5.56 Å². The molecule has 0 bridgehead atoms. The Morgan fingerprint density at radius 3 is 2.62 bits per heavy atom. The van der Waals surface area contributed by atoms with Gasteiger partial charge in [0.15, 0.2) is 0 Å². The molecule has 108 valence electrons. The number of amides is 1. The van der Waals surface area contributed by atoms with Crippen molar-refractivity contribution in [2.24, 2.45) is 5.73 Å². The van der Waals surface area contributed by atoms with Gasteiger partial charge in [-0.25, -0.2) is 0 Å². The van der Waals surface area contributed by atoms with E-state index in [1.54, 1.807) is 37.3 Å². The van der Waals surface area contributed by atoms with Gasteiger partial charge < -0.3 is 11.1 Å². The second kappa shape index (κ2) is 6.15. The first-order valence-electron chi connectivity index (χ1n) is 6.38. The molecular formula is C15H15N3O3. The van der Waals surface area contributed by atoms with Crippen molar-refractivity contribution in [1.82, 2.24) is 0 Å². The molecule has 0 spiro atoms. The number of nitrogens with zero attached hydrogens (tertiary/aromatic N) is 1. The largest absolute Gasteiger partial charge is 0.326 e. The maximum Gasteiger partial charge on any atom is 0.285 e. The van der Waals surface area contributed by atoms with Gasteiger partial charge in [-0.2, -0.15) is 0 Å². The highest BCUT2D eigenvalue weighted by molar-refractivity contribution is 6.07. The first-order valence-corrected chi connectivity index (χ1v) is 6.38. The summed E-state index contributed by atoms with van der Waals surface area (Å²) in [6, 6.07) is 11.7. The lowest BCUT2D eigenvalue weighted by atomic mass is 10.1. The fourth-order valence-corrected chi connectivity index (χ4v) is 2.09. The zero-order valence-corrected chi connectivity index (χ0v) is 11.5. The van der Waals surface area contributed by atoms with Crippen LogP contribution in [0.1, 0.15) is 21.5 Å². The molecule has 1 amide bonds. The van der Waals surface area contributed by atoms with Crippen LogP contribution in [0, 0.1) is 17.0 Å². The van der Waals surface area contributed by atoms with E-state index in [9.17, 15) is 14.9 Å². The van der Waals surface area contributed by atoms with Crippen LogP contribution in [-0.2, 0) is 6.54 Å². The molecular weight excluding hydrogens is 270 g/mol. The Bertz CT molecular complexity index is 698. The number of nitro groups is 1. The summed E-state index contributed by atoms with van der Waals surface area (Å²) in [5.74, 6) is -0.522. The van der Waals surface area contributed by atoms with E-state index in [4.69, 9.17) is 5.73 Å². The molecule has 0 aliphatic rings. The maximum atomic E-state index is 12.3. The number of rotatable bonds is 4. The lowest BCUT2D eigenvalue weighted by Crippen LogP contribution is -2.16. The summed E-state index contributed by atoms with van der Waals surface area (Å²) in [6.07, 6.45) is 0. The summed E-state index contributed by atoms with van der Waals surface area (Å²) in [5, 5.41) is 13.8. The van der Waals surface area contributed by atoms with Gasteiger partial charge in [0.05, 0.1) is 4.92 Å². The van der Waals surface area contributed by atoms with Crippen molar-refractivity contribution in [3.8, 4) is 0 Å².